The van der Waals surface area contributed by atoms with Crippen LogP contribution in [0.2, 0.25) is 0 Å². The van der Waals surface area contributed by atoms with E-state index >= 15 is 0 Å². The number of aliphatic hydroxyl groups is 1. The first-order valence-corrected chi connectivity index (χ1v) is 3.81. The van der Waals surface area contributed by atoms with Crippen LogP contribution >= 0.6 is 0 Å². The topological polar surface area (TPSA) is 46.5 Å². The van der Waals surface area contributed by atoms with E-state index in [0.717, 1.165) is 5.57 Å². The molecular formula is C9H12O3. The quantitative estimate of drug-likeness (QED) is 0.490. The molecule has 0 bridgehead atoms. The van der Waals surface area contributed by atoms with Gasteiger partial charge in [0.05, 0.1) is 0 Å². The van der Waals surface area contributed by atoms with Crippen LogP contribution in [-0.4, -0.2) is 23.3 Å². The number of hydrogen-bond donors (Lipinski definition) is 1. The molecule has 12 heavy (non-hydrogen) atoms. The SMILES string of the molecule is CC(C)=C[C@@H](O)[C@H]1C=CC(=O)O1. The first kappa shape index (κ1) is 9.00. The summed E-state index contributed by atoms with van der Waals surface area (Å²) >= 11 is 0. The number of rotatable bonds is 2. The largest absolute Gasteiger partial charge is 0.452 e. The second-order valence-electron chi connectivity index (χ2n) is 3.00. The molecule has 0 aliphatic carbocycles. The summed E-state index contributed by atoms with van der Waals surface area (Å²) in [6, 6.07) is 0. The van der Waals surface area contributed by atoms with Crippen molar-refractivity contribution in [2.75, 3.05) is 0 Å². The third kappa shape index (κ3) is 2.20. The molecule has 0 aromatic rings. The monoisotopic (exact) mass is 168 g/mol. The minimum absolute atomic E-state index is 0.388. The molecule has 1 rings (SSSR count). The predicted molar refractivity (Wildman–Crippen MR) is 44.5 cm³/mol. The van der Waals surface area contributed by atoms with E-state index in [2.05, 4.69) is 0 Å². The fourth-order valence-corrected chi connectivity index (χ4v) is 1.01. The van der Waals surface area contributed by atoms with Crippen LogP contribution in [0.25, 0.3) is 0 Å². The highest BCUT2D eigenvalue weighted by Crippen LogP contribution is 2.11. The minimum Gasteiger partial charge on any atom is -0.452 e. The van der Waals surface area contributed by atoms with Crippen molar-refractivity contribution in [1.82, 2.24) is 0 Å². The van der Waals surface area contributed by atoms with E-state index in [0.29, 0.717) is 0 Å². The molecule has 1 heterocycles. The van der Waals surface area contributed by atoms with Gasteiger partial charge in [-0.25, -0.2) is 4.79 Å². The summed E-state index contributed by atoms with van der Waals surface area (Å²) < 4.78 is 4.78. The molecule has 0 unspecified atom stereocenters. The first-order valence-electron chi connectivity index (χ1n) is 3.81. The third-order valence-corrected chi connectivity index (χ3v) is 1.51. The minimum atomic E-state index is -0.724. The Morgan fingerprint density at radius 3 is 2.83 bits per heavy atom. The average molecular weight is 168 g/mol. The van der Waals surface area contributed by atoms with Gasteiger partial charge in [-0.3, -0.25) is 0 Å². The Labute approximate surface area is 71.3 Å². The normalized spacial score (nSPS) is 23.6. The second-order valence-corrected chi connectivity index (χ2v) is 3.00. The van der Waals surface area contributed by atoms with E-state index in [1.54, 1.807) is 12.2 Å². The van der Waals surface area contributed by atoms with Crippen molar-refractivity contribution in [2.45, 2.75) is 26.1 Å². The molecule has 66 valence electrons. The number of carbonyl (C=O) groups is 1. The lowest BCUT2D eigenvalue weighted by molar-refractivity contribution is -0.141. The Balaban J connectivity index is 2.55. The third-order valence-electron chi connectivity index (χ3n) is 1.51. The van der Waals surface area contributed by atoms with Gasteiger partial charge in [-0.1, -0.05) is 11.6 Å². The summed E-state index contributed by atoms with van der Waals surface area (Å²) in [6.07, 6.45) is 3.32. The summed E-state index contributed by atoms with van der Waals surface area (Å²) in [5.41, 5.74) is 0.999. The van der Waals surface area contributed by atoms with Gasteiger partial charge in [0.2, 0.25) is 0 Å². The summed E-state index contributed by atoms with van der Waals surface area (Å²) in [4.78, 5) is 10.6. The Bertz CT molecular complexity index is 236. The van der Waals surface area contributed by atoms with Crippen molar-refractivity contribution < 1.29 is 14.6 Å². The van der Waals surface area contributed by atoms with Gasteiger partial charge < -0.3 is 9.84 Å². The molecule has 0 amide bonds. The van der Waals surface area contributed by atoms with Crippen LogP contribution in [0.5, 0.6) is 0 Å². The standard InChI is InChI=1S/C9H12O3/c1-6(2)5-7(10)8-3-4-9(11)12-8/h3-5,7-8,10H,1-2H3/t7-,8-/m1/s1. The smallest absolute Gasteiger partial charge is 0.331 e. The van der Waals surface area contributed by atoms with E-state index in [9.17, 15) is 9.90 Å². The lowest BCUT2D eigenvalue weighted by atomic mass is 10.1. The highest BCUT2D eigenvalue weighted by Gasteiger charge is 2.22. The molecule has 1 N–H and O–H groups in total. The predicted octanol–water partition coefficient (Wildman–Crippen LogP) is 0.795. The van der Waals surface area contributed by atoms with Crippen LogP contribution in [0.3, 0.4) is 0 Å². The molecular weight excluding hydrogens is 156 g/mol. The van der Waals surface area contributed by atoms with Crippen LogP contribution in [0, 0.1) is 0 Å². The van der Waals surface area contributed by atoms with Crippen molar-refractivity contribution in [3.63, 3.8) is 0 Å². The van der Waals surface area contributed by atoms with E-state index in [-0.39, 0.29) is 5.97 Å². The molecule has 0 radical (unpaired) electrons. The van der Waals surface area contributed by atoms with Gasteiger partial charge >= 0.3 is 5.97 Å². The van der Waals surface area contributed by atoms with E-state index in [1.165, 1.54) is 6.08 Å². The number of allylic oxidation sites excluding steroid dienone is 1. The van der Waals surface area contributed by atoms with Gasteiger partial charge in [0.1, 0.15) is 6.10 Å². The zero-order valence-corrected chi connectivity index (χ0v) is 7.15. The van der Waals surface area contributed by atoms with Crippen LogP contribution in [0.15, 0.2) is 23.8 Å². The van der Waals surface area contributed by atoms with Gasteiger partial charge in [0, 0.05) is 6.08 Å². The van der Waals surface area contributed by atoms with Crippen molar-refractivity contribution in [3.8, 4) is 0 Å². The number of hydrogen-bond acceptors (Lipinski definition) is 3. The highest BCUT2D eigenvalue weighted by molar-refractivity contribution is 5.84. The highest BCUT2D eigenvalue weighted by atomic mass is 16.6. The van der Waals surface area contributed by atoms with Gasteiger partial charge in [-0.2, -0.15) is 0 Å². The van der Waals surface area contributed by atoms with E-state index in [4.69, 9.17) is 4.74 Å². The number of cyclic esters (lactones) is 1. The Kier molecular flexibility index (Phi) is 2.65. The molecule has 0 saturated carbocycles. The van der Waals surface area contributed by atoms with Gasteiger partial charge in [-0.15, -0.1) is 0 Å². The molecule has 0 spiro atoms. The Hall–Kier alpha value is -1.09. The van der Waals surface area contributed by atoms with Crippen molar-refractivity contribution in [3.05, 3.63) is 23.8 Å². The molecule has 0 aromatic heterocycles. The molecule has 3 heteroatoms. The fourth-order valence-electron chi connectivity index (χ4n) is 1.01. The zero-order chi connectivity index (χ0) is 9.14. The number of ether oxygens (including phenoxy) is 1. The molecule has 1 aliphatic rings. The molecule has 1 aliphatic heterocycles. The van der Waals surface area contributed by atoms with Gasteiger partial charge in [0.15, 0.2) is 6.10 Å². The average Bonchev–Trinajstić information content (AvgIpc) is 2.34. The second kappa shape index (κ2) is 3.54. The number of esters is 1. The van der Waals surface area contributed by atoms with Crippen LogP contribution < -0.4 is 0 Å². The van der Waals surface area contributed by atoms with Crippen LogP contribution in [-0.2, 0) is 9.53 Å². The van der Waals surface area contributed by atoms with E-state index < -0.39 is 12.2 Å². The fraction of sp³-hybridized carbons (Fsp3) is 0.444. The van der Waals surface area contributed by atoms with Gasteiger partial charge in [-0.05, 0) is 19.9 Å². The molecule has 2 atom stereocenters. The lowest BCUT2D eigenvalue weighted by Gasteiger charge is -2.12. The summed E-state index contributed by atoms with van der Waals surface area (Å²) in [6.45, 7) is 3.76. The van der Waals surface area contributed by atoms with E-state index in [1.807, 2.05) is 13.8 Å². The summed E-state index contributed by atoms with van der Waals surface area (Å²) in [7, 11) is 0. The Morgan fingerprint density at radius 1 is 1.75 bits per heavy atom. The van der Waals surface area contributed by atoms with Crippen molar-refractivity contribution in [1.29, 1.82) is 0 Å². The maximum atomic E-state index is 10.6. The van der Waals surface area contributed by atoms with Crippen molar-refractivity contribution in [2.24, 2.45) is 0 Å². The summed E-state index contributed by atoms with van der Waals surface area (Å²) in [5, 5.41) is 9.43. The molecule has 0 saturated heterocycles. The Morgan fingerprint density at radius 2 is 2.42 bits per heavy atom. The number of aliphatic hydroxyl groups excluding tert-OH is 1. The maximum absolute atomic E-state index is 10.6. The summed E-state index contributed by atoms with van der Waals surface area (Å²) in [5.74, 6) is -0.388. The maximum Gasteiger partial charge on any atom is 0.331 e. The van der Waals surface area contributed by atoms with Gasteiger partial charge in [0.25, 0.3) is 0 Å². The lowest BCUT2D eigenvalue weighted by Crippen LogP contribution is -2.23. The zero-order valence-electron chi connectivity index (χ0n) is 7.15. The van der Waals surface area contributed by atoms with Crippen LogP contribution in [0.4, 0.5) is 0 Å². The molecule has 0 aromatic carbocycles. The van der Waals surface area contributed by atoms with Crippen molar-refractivity contribution >= 4 is 5.97 Å². The first-order chi connectivity index (χ1) is 5.59. The molecule has 3 nitrogen and oxygen atoms in total. The van der Waals surface area contributed by atoms with Crippen LogP contribution in [0.1, 0.15) is 13.8 Å². The number of carbonyl (C=O) groups excluding carboxylic acids is 1. The molecule has 0 fully saturated rings.